The van der Waals surface area contributed by atoms with Crippen LogP contribution < -0.4 is 0 Å². The standard InChI is InChI=1S/C13H27NO7Si/c1-19-12(17)4-6-14(7-5-13(18)20-2)8-9-22(10-15,11-16)21-3/h15-16H,4-11H2,1-3H3. The fourth-order valence-corrected chi connectivity index (χ4v) is 3.44. The molecule has 0 aromatic rings. The van der Waals surface area contributed by atoms with E-state index in [-0.39, 0.29) is 37.2 Å². The number of nitrogens with zero attached hydrogens (tertiary/aromatic N) is 1. The van der Waals surface area contributed by atoms with Gasteiger partial charge in [-0.2, -0.15) is 0 Å². The smallest absolute Gasteiger partial charge is 0.306 e. The number of aliphatic hydroxyl groups excluding tert-OH is 2. The lowest BCUT2D eigenvalue weighted by atomic mass is 10.3. The van der Waals surface area contributed by atoms with E-state index in [1.807, 2.05) is 4.90 Å². The van der Waals surface area contributed by atoms with Crippen molar-refractivity contribution in [3.63, 3.8) is 0 Å². The van der Waals surface area contributed by atoms with Gasteiger partial charge in [0.1, 0.15) is 0 Å². The zero-order valence-electron chi connectivity index (χ0n) is 13.5. The zero-order chi connectivity index (χ0) is 17.0. The maximum Gasteiger partial charge on any atom is 0.306 e. The van der Waals surface area contributed by atoms with Crippen LogP contribution in [0.4, 0.5) is 0 Å². The fraction of sp³-hybridized carbons (Fsp3) is 0.846. The molecule has 0 aromatic carbocycles. The number of rotatable bonds is 12. The number of carbonyl (C=O) groups is 2. The Bertz CT molecular complexity index is 308. The molecule has 9 heteroatoms. The van der Waals surface area contributed by atoms with Crippen LogP contribution >= 0.6 is 0 Å². The van der Waals surface area contributed by atoms with Gasteiger partial charge in [-0.1, -0.05) is 0 Å². The molecule has 0 saturated carbocycles. The van der Waals surface area contributed by atoms with Crippen LogP contribution in [0, 0.1) is 0 Å². The van der Waals surface area contributed by atoms with Gasteiger partial charge in [-0.25, -0.2) is 0 Å². The highest BCUT2D eigenvalue weighted by atomic mass is 28.4. The largest absolute Gasteiger partial charge is 0.469 e. The third kappa shape index (κ3) is 7.85. The molecule has 0 spiro atoms. The molecule has 22 heavy (non-hydrogen) atoms. The Morgan fingerprint density at radius 1 is 0.909 bits per heavy atom. The average molecular weight is 337 g/mol. The summed E-state index contributed by atoms with van der Waals surface area (Å²) in [5, 5.41) is 18.8. The van der Waals surface area contributed by atoms with E-state index < -0.39 is 8.32 Å². The molecule has 0 amide bonds. The lowest BCUT2D eigenvalue weighted by Gasteiger charge is -2.29. The van der Waals surface area contributed by atoms with Crippen molar-refractivity contribution in [1.29, 1.82) is 0 Å². The lowest BCUT2D eigenvalue weighted by Crippen LogP contribution is -2.49. The topological polar surface area (TPSA) is 106 Å². The fourth-order valence-electron chi connectivity index (χ4n) is 1.84. The van der Waals surface area contributed by atoms with Crippen LogP contribution in [0.15, 0.2) is 0 Å². The van der Waals surface area contributed by atoms with Crippen LogP contribution in [0.25, 0.3) is 0 Å². The monoisotopic (exact) mass is 337 g/mol. The van der Waals surface area contributed by atoms with Gasteiger partial charge in [0.15, 0.2) is 0 Å². The van der Waals surface area contributed by atoms with Crippen molar-refractivity contribution in [2.75, 3.05) is 53.4 Å². The van der Waals surface area contributed by atoms with E-state index in [1.165, 1.54) is 21.3 Å². The summed E-state index contributed by atoms with van der Waals surface area (Å²) in [7, 11) is 1.55. The minimum Gasteiger partial charge on any atom is -0.469 e. The first-order valence-electron chi connectivity index (χ1n) is 7.09. The highest BCUT2D eigenvalue weighted by Crippen LogP contribution is 2.11. The predicted molar refractivity (Wildman–Crippen MR) is 81.4 cm³/mol. The molecular weight excluding hydrogens is 310 g/mol. The molecule has 0 aromatic heterocycles. The Kier molecular flexibility index (Phi) is 11.0. The van der Waals surface area contributed by atoms with E-state index in [0.717, 1.165) is 0 Å². The molecule has 0 aliphatic heterocycles. The Labute approximate surface area is 132 Å². The molecule has 8 nitrogen and oxygen atoms in total. The molecular formula is C13H27NO7Si. The van der Waals surface area contributed by atoms with Crippen molar-refractivity contribution in [3.8, 4) is 0 Å². The first-order valence-corrected chi connectivity index (χ1v) is 9.62. The SMILES string of the molecule is COC(=O)CCN(CCC(=O)OC)CC[Si](CO)(CO)OC. The van der Waals surface area contributed by atoms with Crippen LogP contribution in [-0.4, -0.2) is 88.8 Å². The Hall–Kier alpha value is -1.00. The molecule has 2 N–H and O–H groups in total. The third-order valence-corrected chi connectivity index (χ3v) is 6.77. The van der Waals surface area contributed by atoms with E-state index in [2.05, 4.69) is 9.47 Å². The van der Waals surface area contributed by atoms with Crippen molar-refractivity contribution >= 4 is 20.3 Å². The minimum atomic E-state index is -2.57. The summed E-state index contributed by atoms with van der Waals surface area (Å²) in [6, 6.07) is 0.499. The Morgan fingerprint density at radius 3 is 1.68 bits per heavy atom. The lowest BCUT2D eigenvalue weighted by molar-refractivity contribution is -0.141. The summed E-state index contributed by atoms with van der Waals surface area (Å²) in [4.78, 5) is 24.4. The van der Waals surface area contributed by atoms with Gasteiger partial charge in [0.2, 0.25) is 8.32 Å². The van der Waals surface area contributed by atoms with E-state index in [0.29, 0.717) is 25.7 Å². The van der Waals surface area contributed by atoms with Gasteiger partial charge in [-0.15, -0.1) is 0 Å². The molecule has 0 fully saturated rings. The zero-order valence-corrected chi connectivity index (χ0v) is 14.5. The van der Waals surface area contributed by atoms with Gasteiger partial charge in [-0.3, -0.25) is 9.59 Å². The summed E-state index contributed by atoms with van der Waals surface area (Å²) in [6.07, 6.45) is 0.0542. The summed E-state index contributed by atoms with van der Waals surface area (Å²) < 4.78 is 14.5. The highest BCUT2D eigenvalue weighted by molar-refractivity contribution is 6.73. The molecule has 0 aliphatic carbocycles. The Balaban J connectivity index is 4.55. The number of methoxy groups -OCH3 is 2. The number of hydrogen-bond acceptors (Lipinski definition) is 8. The van der Waals surface area contributed by atoms with Crippen LogP contribution in [0.2, 0.25) is 6.04 Å². The van der Waals surface area contributed by atoms with E-state index >= 15 is 0 Å². The molecule has 0 radical (unpaired) electrons. The number of aliphatic hydroxyl groups is 2. The summed E-state index contributed by atoms with van der Waals surface area (Å²) in [5.74, 6) is -0.662. The van der Waals surface area contributed by atoms with Gasteiger partial charge in [0.25, 0.3) is 0 Å². The molecule has 0 saturated heterocycles. The van der Waals surface area contributed by atoms with Gasteiger partial charge < -0.3 is 29.0 Å². The number of carbonyl (C=O) groups excluding carboxylic acids is 2. The first-order chi connectivity index (χ1) is 10.5. The van der Waals surface area contributed by atoms with Crippen LogP contribution in [0.1, 0.15) is 12.8 Å². The van der Waals surface area contributed by atoms with Gasteiger partial charge >= 0.3 is 11.9 Å². The maximum atomic E-state index is 11.2. The molecule has 0 unspecified atom stereocenters. The van der Waals surface area contributed by atoms with Crippen molar-refractivity contribution in [2.45, 2.75) is 18.9 Å². The summed E-state index contributed by atoms with van der Waals surface area (Å²) in [6.45, 7) is 1.36. The van der Waals surface area contributed by atoms with E-state index in [4.69, 9.17) is 4.43 Å². The van der Waals surface area contributed by atoms with E-state index in [9.17, 15) is 19.8 Å². The van der Waals surface area contributed by atoms with Crippen LogP contribution in [0.5, 0.6) is 0 Å². The number of hydrogen-bond donors (Lipinski definition) is 2. The van der Waals surface area contributed by atoms with Crippen molar-refractivity contribution < 1.29 is 33.7 Å². The highest BCUT2D eigenvalue weighted by Gasteiger charge is 2.33. The Morgan fingerprint density at radius 2 is 1.36 bits per heavy atom. The molecule has 0 bridgehead atoms. The minimum absolute atomic E-state index is 0.179. The molecule has 0 aliphatic rings. The normalized spacial score (nSPS) is 11.5. The molecule has 0 heterocycles. The summed E-state index contributed by atoms with van der Waals surface area (Å²) in [5.41, 5.74) is 0. The van der Waals surface area contributed by atoms with Crippen molar-refractivity contribution in [1.82, 2.24) is 4.90 Å². The van der Waals surface area contributed by atoms with Gasteiger partial charge in [-0.05, 0) is 12.6 Å². The van der Waals surface area contributed by atoms with Crippen molar-refractivity contribution in [2.24, 2.45) is 0 Å². The third-order valence-electron chi connectivity index (χ3n) is 3.61. The number of ether oxygens (including phenoxy) is 2. The second-order valence-electron chi connectivity index (χ2n) is 4.95. The maximum absolute atomic E-state index is 11.2. The average Bonchev–Trinajstić information content (AvgIpc) is 2.57. The summed E-state index contributed by atoms with van der Waals surface area (Å²) >= 11 is 0. The van der Waals surface area contributed by atoms with Gasteiger partial charge in [0.05, 0.1) is 39.5 Å². The number of esters is 2. The van der Waals surface area contributed by atoms with E-state index in [1.54, 1.807) is 0 Å². The predicted octanol–water partition coefficient (Wildman–Crippen LogP) is -0.930. The van der Waals surface area contributed by atoms with Crippen molar-refractivity contribution in [3.05, 3.63) is 0 Å². The second-order valence-corrected chi connectivity index (χ2v) is 8.85. The molecule has 0 atom stereocenters. The molecule has 130 valence electrons. The van der Waals surface area contributed by atoms with Crippen LogP contribution in [0.3, 0.4) is 0 Å². The first kappa shape index (κ1) is 21.0. The molecule has 0 rings (SSSR count). The van der Waals surface area contributed by atoms with Crippen LogP contribution in [-0.2, 0) is 23.5 Å². The second kappa shape index (κ2) is 11.5. The van der Waals surface area contributed by atoms with Gasteiger partial charge in [0, 0.05) is 20.2 Å². The quantitative estimate of drug-likeness (QED) is 0.348.